The van der Waals surface area contributed by atoms with E-state index in [1.54, 1.807) is 0 Å². The number of nitrogens with zero attached hydrogens (tertiary/aromatic N) is 1. The number of fused-ring (bicyclic) bond motifs is 1. The predicted molar refractivity (Wildman–Crippen MR) is 61.2 cm³/mol. The lowest BCUT2D eigenvalue weighted by Gasteiger charge is -2.04. The molecule has 0 spiro atoms. The van der Waals surface area contributed by atoms with Gasteiger partial charge in [-0.2, -0.15) is 0 Å². The number of methoxy groups -OCH3 is 1. The average molecular weight is 237 g/mol. The lowest BCUT2D eigenvalue weighted by atomic mass is 10.2. The standard InChI is InChI=1S/C11H11NO3S/c1-15-10(14)6-8(13)11-12-7-4-2-3-5-9(7)16-11/h2-5,8,13H,6H2,1H3. The number of rotatable bonds is 3. The van der Waals surface area contributed by atoms with Crippen molar-refractivity contribution in [3.63, 3.8) is 0 Å². The molecule has 0 fully saturated rings. The zero-order chi connectivity index (χ0) is 11.5. The number of hydrogen-bond acceptors (Lipinski definition) is 5. The quantitative estimate of drug-likeness (QED) is 0.828. The smallest absolute Gasteiger partial charge is 0.308 e. The average Bonchev–Trinajstić information content (AvgIpc) is 2.72. The van der Waals surface area contributed by atoms with Gasteiger partial charge in [-0.15, -0.1) is 11.3 Å². The SMILES string of the molecule is COC(=O)CC(O)c1nc2ccccc2s1. The molecule has 16 heavy (non-hydrogen) atoms. The molecular formula is C11H11NO3S. The maximum atomic E-state index is 11.0. The Kier molecular flexibility index (Phi) is 3.17. The van der Waals surface area contributed by atoms with E-state index in [-0.39, 0.29) is 6.42 Å². The molecule has 84 valence electrons. The number of thiazole rings is 1. The van der Waals surface area contributed by atoms with Crippen LogP contribution in [0.15, 0.2) is 24.3 Å². The van der Waals surface area contributed by atoms with Crippen molar-refractivity contribution in [1.29, 1.82) is 0 Å². The summed E-state index contributed by atoms with van der Waals surface area (Å²) in [6.07, 6.45) is -0.944. The van der Waals surface area contributed by atoms with Gasteiger partial charge >= 0.3 is 5.97 Å². The molecule has 0 aliphatic carbocycles. The Morgan fingerprint density at radius 1 is 1.56 bits per heavy atom. The Hall–Kier alpha value is -1.46. The molecule has 4 nitrogen and oxygen atoms in total. The van der Waals surface area contributed by atoms with Crippen LogP contribution in [-0.4, -0.2) is 23.2 Å². The summed E-state index contributed by atoms with van der Waals surface area (Å²) in [5.74, 6) is -0.438. The van der Waals surface area contributed by atoms with Crippen LogP contribution in [-0.2, 0) is 9.53 Å². The summed E-state index contributed by atoms with van der Waals surface area (Å²) in [7, 11) is 1.30. The van der Waals surface area contributed by atoms with E-state index in [2.05, 4.69) is 9.72 Å². The molecule has 1 atom stereocenters. The minimum absolute atomic E-state index is 0.0592. The summed E-state index contributed by atoms with van der Waals surface area (Å²) in [4.78, 5) is 15.3. The van der Waals surface area contributed by atoms with Crippen LogP contribution in [0.3, 0.4) is 0 Å². The third-order valence-electron chi connectivity index (χ3n) is 2.18. The van der Waals surface area contributed by atoms with Crippen LogP contribution in [0.25, 0.3) is 10.2 Å². The minimum Gasteiger partial charge on any atom is -0.469 e. The number of esters is 1. The Morgan fingerprint density at radius 2 is 2.31 bits per heavy atom. The summed E-state index contributed by atoms with van der Waals surface area (Å²) in [5, 5.41) is 10.3. The van der Waals surface area contributed by atoms with E-state index in [0.717, 1.165) is 10.2 Å². The van der Waals surface area contributed by atoms with Gasteiger partial charge in [0.1, 0.15) is 11.1 Å². The van der Waals surface area contributed by atoms with Crippen molar-refractivity contribution in [2.24, 2.45) is 0 Å². The lowest BCUT2D eigenvalue weighted by Crippen LogP contribution is -2.07. The zero-order valence-corrected chi connectivity index (χ0v) is 9.53. The van der Waals surface area contributed by atoms with Crippen molar-refractivity contribution in [3.8, 4) is 0 Å². The Morgan fingerprint density at radius 3 is 3.00 bits per heavy atom. The third kappa shape index (κ3) is 2.20. The molecule has 0 aliphatic heterocycles. The first kappa shape index (κ1) is 11.0. The second-order valence-corrected chi connectivity index (χ2v) is 4.38. The second-order valence-electron chi connectivity index (χ2n) is 3.32. The van der Waals surface area contributed by atoms with E-state index in [0.29, 0.717) is 5.01 Å². The summed E-state index contributed by atoms with van der Waals surface area (Å²) < 4.78 is 5.50. The molecule has 5 heteroatoms. The van der Waals surface area contributed by atoms with E-state index in [1.165, 1.54) is 18.4 Å². The van der Waals surface area contributed by atoms with Crippen LogP contribution < -0.4 is 0 Å². The molecule has 0 amide bonds. The fourth-order valence-electron chi connectivity index (χ4n) is 1.36. The van der Waals surface area contributed by atoms with Gasteiger partial charge in [0.05, 0.1) is 23.7 Å². The first-order chi connectivity index (χ1) is 7.70. The molecule has 0 radical (unpaired) electrons. The molecule has 0 aliphatic rings. The Balaban J connectivity index is 2.23. The van der Waals surface area contributed by atoms with Crippen LogP contribution in [0, 0.1) is 0 Å². The Labute approximate surface area is 96.5 Å². The molecule has 1 unspecified atom stereocenters. The topological polar surface area (TPSA) is 59.4 Å². The van der Waals surface area contributed by atoms with Gasteiger partial charge in [-0.05, 0) is 12.1 Å². The molecular weight excluding hydrogens is 226 g/mol. The van der Waals surface area contributed by atoms with Crippen molar-refractivity contribution in [2.75, 3.05) is 7.11 Å². The number of carbonyl (C=O) groups excluding carboxylic acids is 1. The Bertz CT molecular complexity index is 476. The van der Waals surface area contributed by atoms with Gasteiger partial charge in [-0.25, -0.2) is 4.98 Å². The largest absolute Gasteiger partial charge is 0.469 e. The van der Waals surface area contributed by atoms with Gasteiger partial charge < -0.3 is 9.84 Å². The van der Waals surface area contributed by atoms with Gasteiger partial charge in [0.25, 0.3) is 0 Å². The number of hydrogen-bond donors (Lipinski definition) is 1. The summed E-state index contributed by atoms with van der Waals surface area (Å²) in [6.45, 7) is 0. The third-order valence-corrected chi connectivity index (χ3v) is 3.32. The number of aliphatic hydroxyl groups excluding tert-OH is 1. The fraction of sp³-hybridized carbons (Fsp3) is 0.273. The number of ether oxygens (including phenoxy) is 1. The van der Waals surface area contributed by atoms with Gasteiger partial charge in [0.15, 0.2) is 0 Å². The van der Waals surface area contributed by atoms with E-state index in [1.807, 2.05) is 24.3 Å². The van der Waals surface area contributed by atoms with Gasteiger partial charge in [-0.3, -0.25) is 4.79 Å². The van der Waals surface area contributed by atoms with E-state index in [9.17, 15) is 9.90 Å². The van der Waals surface area contributed by atoms with Gasteiger partial charge in [0.2, 0.25) is 0 Å². The van der Waals surface area contributed by atoms with E-state index >= 15 is 0 Å². The number of carbonyl (C=O) groups is 1. The van der Waals surface area contributed by atoms with Crippen molar-refractivity contribution in [2.45, 2.75) is 12.5 Å². The molecule has 1 N–H and O–H groups in total. The molecule has 0 saturated carbocycles. The van der Waals surface area contributed by atoms with Crippen LogP contribution in [0.1, 0.15) is 17.5 Å². The highest BCUT2D eigenvalue weighted by Crippen LogP contribution is 2.27. The van der Waals surface area contributed by atoms with E-state index < -0.39 is 12.1 Å². The molecule has 2 aromatic rings. The van der Waals surface area contributed by atoms with Crippen molar-refractivity contribution >= 4 is 27.5 Å². The van der Waals surface area contributed by atoms with Gasteiger partial charge in [-0.1, -0.05) is 12.1 Å². The summed E-state index contributed by atoms with van der Waals surface area (Å²) in [5.41, 5.74) is 0.839. The predicted octanol–water partition coefficient (Wildman–Crippen LogP) is 1.89. The number of para-hydroxylation sites is 1. The lowest BCUT2D eigenvalue weighted by molar-refractivity contribution is -0.142. The fourth-order valence-corrected chi connectivity index (χ4v) is 2.31. The van der Waals surface area contributed by atoms with E-state index in [4.69, 9.17) is 0 Å². The molecule has 1 aromatic heterocycles. The number of aromatic nitrogens is 1. The molecule has 0 saturated heterocycles. The minimum atomic E-state index is -0.884. The summed E-state index contributed by atoms with van der Waals surface area (Å²) in [6, 6.07) is 7.61. The first-order valence-electron chi connectivity index (χ1n) is 4.81. The van der Waals surface area contributed by atoms with Crippen LogP contribution in [0.5, 0.6) is 0 Å². The van der Waals surface area contributed by atoms with Crippen molar-refractivity contribution in [3.05, 3.63) is 29.3 Å². The van der Waals surface area contributed by atoms with Gasteiger partial charge in [0, 0.05) is 0 Å². The van der Waals surface area contributed by atoms with Crippen LogP contribution in [0.4, 0.5) is 0 Å². The van der Waals surface area contributed by atoms with Crippen LogP contribution in [0.2, 0.25) is 0 Å². The zero-order valence-electron chi connectivity index (χ0n) is 8.71. The molecule has 1 aromatic carbocycles. The maximum absolute atomic E-state index is 11.0. The summed E-state index contributed by atoms with van der Waals surface area (Å²) >= 11 is 1.39. The molecule has 2 rings (SSSR count). The second kappa shape index (κ2) is 4.59. The highest BCUT2D eigenvalue weighted by Gasteiger charge is 2.17. The highest BCUT2D eigenvalue weighted by atomic mass is 32.1. The normalized spacial score (nSPS) is 12.6. The highest BCUT2D eigenvalue weighted by molar-refractivity contribution is 7.18. The maximum Gasteiger partial charge on any atom is 0.308 e. The number of aliphatic hydroxyl groups is 1. The number of benzene rings is 1. The molecule has 1 heterocycles. The van der Waals surface area contributed by atoms with Crippen molar-refractivity contribution < 1.29 is 14.6 Å². The first-order valence-corrected chi connectivity index (χ1v) is 5.62. The van der Waals surface area contributed by atoms with Crippen molar-refractivity contribution in [1.82, 2.24) is 4.98 Å². The monoisotopic (exact) mass is 237 g/mol. The molecule has 0 bridgehead atoms. The van der Waals surface area contributed by atoms with Crippen LogP contribution >= 0.6 is 11.3 Å².